The molecular weight excluding hydrogens is 280 g/mol. The van der Waals surface area contributed by atoms with Crippen LogP contribution in [0.3, 0.4) is 0 Å². The molecule has 2 N–H and O–H groups in total. The maximum atomic E-state index is 13.5. The van der Waals surface area contributed by atoms with Crippen molar-refractivity contribution < 1.29 is 4.39 Å². The second-order valence-electron chi connectivity index (χ2n) is 2.92. The molecule has 0 unspecified atom stereocenters. The molecule has 0 aliphatic heterocycles. The highest BCUT2D eigenvalue weighted by Gasteiger charge is 2.07. The summed E-state index contributed by atoms with van der Waals surface area (Å²) in [5.41, 5.74) is 5.63. The van der Waals surface area contributed by atoms with Crippen LogP contribution in [0.4, 0.5) is 4.39 Å². The fourth-order valence-electron chi connectivity index (χ4n) is 0.971. The predicted molar refractivity (Wildman–Crippen MR) is 64.3 cm³/mol. The standard InChI is InChI=1S/C11H10BrClFN/c12-9-6-5-8(11(14)10(9)13)4-2-1-3-7-15/h5-6H,1,3,7,15H2. The first kappa shape index (κ1) is 12.5. The highest BCUT2D eigenvalue weighted by molar-refractivity contribution is 9.10. The number of halogens is 3. The number of nitrogens with two attached hydrogens (primary N) is 1. The van der Waals surface area contributed by atoms with E-state index in [1.807, 2.05) is 0 Å². The van der Waals surface area contributed by atoms with Crippen molar-refractivity contribution in [1.82, 2.24) is 0 Å². The van der Waals surface area contributed by atoms with E-state index < -0.39 is 5.82 Å². The van der Waals surface area contributed by atoms with Crippen LogP contribution in [0.2, 0.25) is 5.02 Å². The van der Waals surface area contributed by atoms with E-state index in [0.29, 0.717) is 23.0 Å². The molecule has 1 nitrogen and oxygen atoms in total. The minimum absolute atomic E-state index is 0.0700. The van der Waals surface area contributed by atoms with Crippen molar-refractivity contribution >= 4 is 27.5 Å². The normalized spacial score (nSPS) is 9.60. The number of hydrogen-bond donors (Lipinski definition) is 1. The molecular formula is C11H10BrClFN. The molecule has 0 radical (unpaired) electrons. The Morgan fingerprint density at radius 2 is 2.20 bits per heavy atom. The van der Waals surface area contributed by atoms with Crippen molar-refractivity contribution in [2.45, 2.75) is 12.8 Å². The van der Waals surface area contributed by atoms with Crippen LogP contribution in [0.15, 0.2) is 16.6 Å². The third-order valence-electron chi connectivity index (χ3n) is 1.76. The van der Waals surface area contributed by atoms with E-state index in [9.17, 15) is 4.39 Å². The molecule has 0 aromatic heterocycles. The summed E-state index contributed by atoms with van der Waals surface area (Å²) in [7, 11) is 0. The lowest BCUT2D eigenvalue weighted by Crippen LogP contribution is -1.96. The first-order valence-corrected chi connectivity index (χ1v) is 5.66. The zero-order valence-electron chi connectivity index (χ0n) is 7.99. The third kappa shape index (κ3) is 3.49. The van der Waals surface area contributed by atoms with Gasteiger partial charge in [0.25, 0.3) is 0 Å². The summed E-state index contributed by atoms with van der Waals surface area (Å²) in [5, 5.41) is 0.0700. The molecule has 15 heavy (non-hydrogen) atoms. The molecule has 0 heterocycles. The number of benzene rings is 1. The summed E-state index contributed by atoms with van der Waals surface area (Å²) >= 11 is 8.85. The van der Waals surface area contributed by atoms with Crippen LogP contribution in [0.25, 0.3) is 0 Å². The van der Waals surface area contributed by atoms with Gasteiger partial charge in [-0.1, -0.05) is 23.4 Å². The largest absolute Gasteiger partial charge is 0.330 e. The zero-order chi connectivity index (χ0) is 11.3. The highest BCUT2D eigenvalue weighted by Crippen LogP contribution is 2.26. The van der Waals surface area contributed by atoms with E-state index in [0.717, 1.165) is 6.42 Å². The smallest absolute Gasteiger partial charge is 0.158 e. The monoisotopic (exact) mass is 289 g/mol. The average Bonchev–Trinajstić information content (AvgIpc) is 2.24. The van der Waals surface area contributed by atoms with Gasteiger partial charge in [0.2, 0.25) is 0 Å². The molecule has 0 fully saturated rings. The molecule has 0 atom stereocenters. The second-order valence-corrected chi connectivity index (χ2v) is 4.15. The fraction of sp³-hybridized carbons (Fsp3) is 0.273. The minimum Gasteiger partial charge on any atom is -0.330 e. The Hall–Kier alpha value is -0.560. The summed E-state index contributed by atoms with van der Waals surface area (Å²) in [5.74, 6) is 5.10. The van der Waals surface area contributed by atoms with Crippen LogP contribution in [-0.4, -0.2) is 6.54 Å². The quantitative estimate of drug-likeness (QED) is 0.505. The van der Waals surface area contributed by atoms with Gasteiger partial charge in [-0.25, -0.2) is 4.39 Å². The molecule has 0 saturated heterocycles. The Bertz CT molecular complexity index is 409. The fourth-order valence-corrected chi connectivity index (χ4v) is 1.44. The Balaban J connectivity index is 2.85. The van der Waals surface area contributed by atoms with Crippen LogP contribution >= 0.6 is 27.5 Å². The van der Waals surface area contributed by atoms with Gasteiger partial charge in [0.15, 0.2) is 5.82 Å². The molecule has 0 bridgehead atoms. The van der Waals surface area contributed by atoms with Crippen molar-refractivity contribution in [2.24, 2.45) is 5.73 Å². The van der Waals surface area contributed by atoms with Gasteiger partial charge in [0, 0.05) is 10.9 Å². The van der Waals surface area contributed by atoms with Crippen LogP contribution in [0.5, 0.6) is 0 Å². The van der Waals surface area contributed by atoms with E-state index in [1.54, 1.807) is 12.1 Å². The van der Waals surface area contributed by atoms with Gasteiger partial charge in [0.1, 0.15) is 0 Å². The van der Waals surface area contributed by atoms with Gasteiger partial charge in [-0.3, -0.25) is 0 Å². The summed E-state index contributed by atoms with van der Waals surface area (Å²) in [6.45, 7) is 0.595. The van der Waals surface area contributed by atoms with Gasteiger partial charge >= 0.3 is 0 Å². The first-order chi connectivity index (χ1) is 7.16. The lowest BCUT2D eigenvalue weighted by atomic mass is 10.2. The van der Waals surface area contributed by atoms with Crippen molar-refractivity contribution in [3.8, 4) is 11.8 Å². The Kier molecular flexibility index (Phi) is 5.10. The molecule has 0 saturated carbocycles. The van der Waals surface area contributed by atoms with Gasteiger partial charge in [-0.15, -0.1) is 0 Å². The van der Waals surface area contributed by atoms with E-state index in [2.05, 4.69) is 27.8 Å². The van der Waals surface area contributed by atoms with E-state index in [4.69, 9.17) is 17.3 Å². The molecule has 1 aromatic rings. The van der Waals surface area contributed by atoms with E-state index >= 15 is 0 Å². The van der Waals surface area contributed by atoms with Gasteiger partial charge in [-0.05, 0) is 41.0 Å². The van der Waals surface area contributed by atoms with E-state index in [-0.39, 0.29) is 5.02 Å². The van der Waals surface area contributed by atoms with E-state index in [1.165, 1.54) is 0 Å². The molecule has 80 valence electrons. The molecule has 1 rings (SSSR count). The minimum atomic E-state index is -0.480. The Labute approximate surface area is 102 Å². The maximum Gasteiger partial charge on any atom is 0.158 e. The zero-order valence-corrected chi connectivity index (χ0v) is 10.3. The molecule has 0 aliphatic rings. The SMILES string of the molecule is NCCCC#Cc1ccc(Br)c(Cl)c1F. The molecule has 4 heteroatoms. The highest BCUT2D eigenvalue weighted by atomic mass is 79.9. The van der Waals surface area contributed by atoms with Gasteiger partial charge in [0.05, 0.1) is 10.6 Å². The van der Waals surface area contributed by atoms with Crippen LogP contribution in [0, 0.1) is 17.7 Å². The topological polar surface area (TPSA) is 26.0 Å². The summed E-state index contributed by atoms with van der Waals surface area (Å²) in [6, 6.07) is 3.28. The Morgan fingerprint density at radius 1 is 1.47 bits per heavy atom. The Morgan fingerprint density at radius 3 is 2.87 bits per heavy atom. The molecule has 1 aromatic carbocycles. The number of unbranched alkanes of at least 4 members (excludes halogenated alkanes) is 1. The predicted octanol–water partition coefficient (Wildman–Crippen LogP) is 3.33. The number of rotatable bonds is 2. The lowest BCUT2D eigenvalue weighted by Gasteiger charge is -1.99. The van der Waals surface area contributed by atoms with Crippen molar-refractivity contribution in [3.63, 3.8) is 0 Å². The van der Waals surface area contributed by atoms with Crippen molar-refractivity contribution in [2.75, 3.05) is 6.54 Å². The molecule has 0 spiro atoms. The summed E-state index contributed by atoms with van der Waals surface area (Å²) in [4.78, 5) is 0. The summed E-state index contributed by atoms with van der Waals surface area (Å²) in [6.07, 6.45) is 1.49. The second kappa shape index (κ2) is 6.12. The van der Waals surface area contributed by atoms with Crippen LogP contribution < -0.4 is 5.73 Å². The maximum absolute atomic E-state index is 13.5. The molecule has 0 amide bonds. The van der Waals surface area contributed by atoms with Gasteiger partial charge < -0.3 is 5.73 Å². The van der Waals surface area contributed by atoms with Crippen LogP contribution in [-0.2, 0) is 0 Å². The lowest BCUT2D eigenvalue weighted by molar-refractivity contribution is 0.624. The van der Waals surface area contributed by atoms with Crippen molar-refractivity contribution in [3.05, 3.63) is 33.0 Å². The third-order valence-corrected chi connectivity index (χ3v) is 3.02. The molecule has 0 aliphatic carbocycles. The van der Waals surface area contributed by atoms with Crippen LogP contribution in [0.1, 0.15) is 18.4 Å². The number of hydrogen-bond acceptors (Lipinski definition) is 1. The average molecular weight is 291 g/mol. The van der Waals surface area contributed by atoms with Crippen molar-refractivity contribution in [1.29, 1.82) is 0 Å². The summed E-state index contributed by atoms with van der Waals surface area (Å²) < 4.78 is 14.0. The van der Waals surface area contributed by atoms with Gasteiger partial charge in [-0.2, -0.15) is 0 Å². The first-order valence-electron chi connectivity index (χ1n) is 4.49.